The van der Waals surface area contributed by atoms with Gasteiger partial charge in [0.25, 0.3) is 0 Å². The maximum atomic E-state index is 13.0. The van der Waals surface area contributed by atoms with Crippen molar-refractivity contribution >= 4 is 17.6 Å². The van der Waals surface area contributed by atoms with Crippen LogP contribution in [0.3, 0.4) is 0 Å². The predicted octanol–water partition coefficient (Wildman–Crippen LogP) is 3.57. The smallest absolute Gasteiger partial charge is 0.317 e. The van der Waals surface area contributed by atoms with Gasteiger partial charge in [0.1, 0.15) is 5.82 Å². The number of hydrogen-bond acceptors (Lipinski definition) is 2. The van der Waals surface area contributed by atoms with Gasteiger partial charge >= 0.3 is 6.03 Å². The van der Waals surface area contributed by atoms with E-state index in [0.29, 0.717) is 23.0 Å². The minimum Gasteiger partial charge on any atom is -0.334 e. The molecule has 1 aliphatic rings. The molecule has 1 aromatic carbocycles. The van der Waals surface area contributed by atoms with Gasteiger partial charge in [-0.05, 0) is 41.8 Å². The zero-order valence-electron chi connectivity index (χ0n) is 12.5. The molecule has 1 saturated heterocycles. The molecule has 6 heteroatoms. The lowest BCUT2D eigenvalue weighted by molar-refractivity contribution is 0.208. The maximum Gasteiger partial charge on any atom is 0.317 e. The van der Waals surface area contributed by atoms with E-state index in [0.717, 1.165) is 13.0 Å². The number of carbonyl (C=O) groups excluding carboxylic acids is 1. The van der Waals surface area contributed by atoms with Gasteiger partial charge in [-0.15, -0.1) is 0 Å². The van der Waals surface area contributed by atoms with Crippen molar-refractivity contribution in [2.75, 3.05) is 13.1 Å². The summed E-state index contributed by atoms with van der Waals surface area (Å²) in [7, 11) is 0. The highest BCUT2D eigenvalue weighted by atomic mass is 35.5. The van der Waals surface area contributed by atoms with Crippen LogP contribution in [0.5, 0.6) is 0 Å². The first-order chi connectivity index (χ1) is 11.1. The van der Waals surface area contributed by atoms with Gasteiger partial charge in [-0.3, -0.25) is 4.98 Å². The number of nitrogens with one attached hydrogen (secondary N) is 1. The van der Waals surface area contributed by atoms with E-state index in [1.807, 2.05) is 12.1 Å². The number of carbonyl (C=O) groups is 1. The summed E-state index contributed by atoms with van der Waals surface area (Å²) < 4.78 is 13.0. The molecule has 1 atom stereocenters. The third-order valence-corrected chi connectivity index (χ3v) is 4.45. The third kappa shape index (κ3) is 3.79. The van der Waals surface area contributed by atoms with Gasteiger partial charge in [0.15, 0.2) is 0 Å². The summed E-state index contributed by atoms with van der Waals surface area (Å²) in [4.78, 5) is 18.1. The Balaban J connectivity index is 1.55. The SMILES string of the molecule is O=C(NCc1ccc(F)cc1Cl)N1CCC(c2ccncc2)C1. The average Bonchev–Trinajstić information content (AvgIpc) is 3.05. The van der Waals surface area contributed by atoms with Crippen LogP contribution in [-0.4, -0.2) is 29.0 Å². The van der Waals surface area contributed by atoms with Gasteiger partial charge in [0, 0.05) is 43.0 Å². The molecular weight excluding hydrogens is 317 g/mol. The summed E-state index contributed by atoms with van der Waals surface area (Å²) in [6.45, 7) is 1.69. The number of likely N-dealkylation sites (tertiary alicyclic amines) is 1. The fraction of sp³-hybridized carbons (Fsp3) is 0.294. The van der Waals surface area contributed by atoms with E-state index in [4.69, 9.17) is 11.6 Å². The second-order valence-electron chi connectivity index (χ2n) is 5.61. The first-order valence-electron chi connectivity index (χ1n) is 7.50. The van der Waals surface area contributed by atoms with Crippen molar-refractivity contribution in [2.24, 2.45) is 0 Å². The number of amides is 2. The lowest BCUT2D eigenvalue weighted by atomic mass is 10.00. The Labute approximate surface area is 139 Å². The van der Waals surface area contributed by atoms with Crippen molar-refractivity contribution in [1.82, 2.24) is 15.2 Å². The molecule has 0 radical (unpaired) electrons. The van der Waals surface area contributed by atoms with E-state index in [1.165, 1.54) is 17.7 Å². The maximum absolute atomic E-state index is 13.0. The van der Waals surface area contributed by atoms with E-state index in [9.17, 15) is 9.18 Å². The number of pyridine rings is 1. The highest BCUT2D eigenvalue weighted by molar-refractivity contribution is 6.31. The molecule has 1 N–H and O–H groups in total. The number of rotatable bonds is 3. The molecule has 3 rings (SSSR count). The van der Waals surface area contributed by atoms with Gasteiger partial charge in [-0.2, -0.15) is 0 Å². The fourth-order valence-electron chi connectivity index (χ4n) is 2.80. The summed E-state index contributed by atoms with van der Waals surface area (Å²) in [6, 6.07) is 8.03. The molecular formula is C17H17ClFN3O. The van der Waals surface area contributed by atoms with Crippen LogP contribution in [0.1, 0.15) is 23.5 Å². The van der Waals surface area contributed by atoms with Crippen molar-refractivity contribution in [3.05, 3.63) is 64.7 Å². The van der Waals surface area contributed by atoms with Crippen LogP contribution in [0.2, 0.25) is 5.02 Å². The van der Waals surface area contributed by atoms with Gasteiger partial charge in [-0.25, -0.2) is 9.18 Å². The number of nitrogens with zero attached hydrogens (tertiary/aromatic N) is 2. The number of benzene rings is 1. The number of hydrogen-bond donors (Lipinski definition) is 1. The van der Waals surface area contributed by atoms with Crippen LogP contribution >= 0.6 is 11.6 Å². The standard InChI is InChI=1S/C17H17ClFN3O/c18-16-9-15(19)2-1-13(16)10-21-17(23)22-8-5-14(11-22)12-3-6-20-7-4-12/h1-4,6-7,9,14H,5,8,10-11H2,(H,21,23). The van der Waals surface area contributed by atoms with Crippen LogP contribution in [0.25, 0.3) is 0 Å². The second-order valence-corrected chi connectivity index (χ2v) is 6.01. The van der Waals surface area contributed by atoms with E-state index >= 15 is 0 Å². The number of halogens is 2. The summed E-state index contributed by atoms with van der Waals surface area (Å²) >= 11 is 5.97. The molecule has 0 spiro atoms. The topological polar surface area (TPSA) is 45.2 Å². The molecule has 0 bridgehead atoms. The highest BCUT2D eigenvalue weighted by Gasteiger charge is 2.27. The van der Waals surface area contributed by atoms with Crippen LogP contribution in [0.4, 0.5) is 9.18 Å². The number of aromatic nitrogens is 1. The van der Waals surface area contributed by atoms with E-state index < -0.39 is 0 Å². The zero-order chi connectivity index (χ0) is 16.2. The average molecular weight is 334 g/mol. The van der Waals surface area contributed by atoms with Crippen LogP contribution in [-0.2, 0) is 6.54 Å². The lowest BCUT2D eigenvalue weighted by Crippen LogP contribution is -2.38. The Kier molecular flexibility index (Phi) is 4.76. The molecule has 1 unspecified atom stereocenters. The van der Waals surface area contributed by atoms with E-state index in [1.54, 1.807) is 23.4 Å². The Hall–Kier alpha value is -2.14. The van der Waals surface area contributed by atoms with Crippen molar-refractivity contribution in [3.63, 3.8) is 0 Å². The largest absolute Gasteiger partial charge is 0.334 e. The van der Waals surface area contributed by atoms with Crippen LogP contribution in [0.15, 0.2) is 42.7 Å². The van der Waals surface area contributed by atoms with Gasteiger partial charge in [0.05, 0.1) is 0 Å². The highest BCUT2D eigenvalue weighted by Crippen LogP contribution is 2.26. The summed E-state index contributed by atoms with van der Waals surface area (Å²) in [5, 5.41) is 3.16. The van der Waals surface area contributed by atoms with Crippen molar-refractivity contribution in [2.45, 2.75) is 18.9 Å². The molecule has 1 aliphatic heterocycles. The van der Waals surface area contributed by atoms with E-state index in [2.05, 4.69) is 10.3 Å². The molecule has 2 amide bonds. The summed E-state index contributed by atoms with van der Waals surface area (Å²) in [6.07, 6.45) is 4.48. The Morgan fingerprint density at radius 2 is 2.13 bits per heavy atom. The second kappa shape index (κ2) is 6.96. The molecule has 2 heterocycles. The molecule has 2 aromatic rings. The van der Waals surface area contributed by atoms with Gasteiger partial charge < -0.3 is 10.2 Å². The quantitative estimate of drug-likeness (QED) is 0.933. The van der Waals surface area contributed by atoms with Gasteiger partial charge in [-0.1, -0.05) is 17.7 Å². The third-order valence-electron chi connectivity index (χ3n) is 4.10. The summed E-state index contributed by atoms with van der Waals surface area (Å²) in [5.74, 6) is -0.0389. The summed E-state index contributed by atoms with van der Waals surface area (Å²) in [5.41, 5.74) is 1.91. The van der Waals surface area contributed by atoms with Gasteiger partial charge in [0.2, 0.25) is 0 Å². The fourth-order valence-corrected chi connectivity index (χ4v) is 3.03. The minimum atomic E-state index is -0.384. The Morgan fingerprint density at radius 3 is 2.87 bits per heavy atom. The molecule has 1 aromatic heterocycles. The molecule has 4 nitrogen and oxygen atoms in total. The van der Waals surface area contributed by atoms with Crippen molar-refractivity contribution < 1.29 is 9.18 Å². The monoisotopic (exact) mass is 333 g/mol. The first-order valence-corrected chi connectivity index (χ1v) is 7.88. The predicted molar refractivity (Wildman–Crippen MR) is 86.8 cm³/mol. The first kappa shape index (κ1) is 15.7. The molecule has 120 valence electrons. The van der Waals surface area contributed by atoms with Crippen molar-refractivity contribution in [3.8, 4) is 0 Å². The van der Waals surface area contributed by atoms with Crippen LogP contribution in [0, 0.1) is 5.82 Å². The molecule has 1 fully saturated rings. The Bertz CT molecular complexity index is 695. The zero-order valence-corrected chi connectivity index (χ0v) is 13.3. The molecule has 23 heavy (non-hydrogen) atoms. The normalized spacial score (nSPS) is 17.3. The van der Waals surface area contributed by atoms with E-state index in [-0.39, 0.29) is 18.4 Å². The lowest BCUT2D eigenvalue weighted by Gasteiger charge is -2.18. The molecule has 0 saturated carbocycles. The van der Waals surface area contributed by atoms with Crippen LogP contribution < -0.4 is 5.32 Å². The number of urea groups is 1. The molecule has 0 aliphatic carbocycles. The Morgan fingerprint density at radius 1 is 1.35 bits per heavy atom. The van der Waals surface area contributed by atoms with Crippen molar-refractivity contribution in [1.29, 1.82) is 0 Å². The minimum absolute atomic E-state index is 0.123.